The lowest BCUT2D eigenvalue weighted by Crippen LogP contribution is -2.40. The Morgan fingerprint density at radius 3 is 2.56 bits per heavy atom. The molecule has 2 amide bonds. The second-order valence-corrected chi connectivity index (χ2v) is 7.73. The standard InChI is InChI=1S/C25H24N4O3/c1-17(30)27-9-8-18-2-5-20(6-3-18)23-15-22(25(31)29-10-12-32-13-11-29)21-7-4-19(16-26)14-24(21)28-23/h2-7,14-15H,8-13H2,1H3,(H,27,30). The maximum Gasteiger partial charge on any atom is 0.254 e. The van der Waals surface area contributed by atoms with Crippen molar-refractivity contribution in [3.05, 3.63) is 65.2 Å². The SMILES string of the molecule is CC(=O)NCCc1ccc(-c2cc(C(=O)N3CCOCC3)c3ccc(C#N)cc3n2)cc1. The molecule has 7 heteroatoms. The number of fused-ring (bicyclic) bond motifs is 1. The van der Waals surface area contributed by atoms with Crippen LogP contribution in [0.15, 0.2) is 48.5 Å². The first-order valence-electron chi connectivity index (χ1n) is 10.6. The van der Waals surface area contributed by atoms with Gasteiger partial charge in [-0.3, -0.25) is 9.59 Å². The van der Waals surface area contributed by atoms with E-state index in [-0.39, 0.29) is 11.8 Å². The zero-order valence-corrected chi connectivity index (χ0v) is 17.9. The van der Waals surface area contributed by atoms with E-state index in [1.807, 2.05) is 30.3 Å². The zero-order valence-electron chi connectivity index (χ0n) is 17.9. The fourth-order valence-corrected chi connectivity index (χ4v) is 3.78. The van der Waals surface area contributed by atoms with E-state index >= 15 is 0 Å². The highest BCUT2D eigenvalue weighted by Crippen LogP contribution is 2.27. The summed E-state index contributed by atoms with van der Waals surface area (Å²) in [5.74, 6) is -0.102. The molecule has 2 aromatic carbocycles. The van der Waals surface area contributed by atoms with Gasteiger partial charge < -0.3 is 15.0 Å². The summed E-state index contributed by atoms with van der Waals surface area (Å²) in [7, 11) is 0. The summed E-state index contributed by atoms with van der Waals surface area (Å²) < 4.78 is 5.38. The minimum atomic E-state index is -0.0569. The number of morpholine rings is 1. The van der Waals surface area contributed by atoms with Crippen molar-refractivity contribution in [2.24, 2.45) is 0 Å². The monoisotopic (exact) mass is 428 g/mol. The van der Waals surface area contributed by atoms with E-state index < -0.39 is 0 Å². The Hall–Kier alpha value is -3.76. The van der Waals surface area contributed by atoms with Crippen LogP contribution in [0, 0.1) is 11.3 Å². The molecule has 1 aliphatic rings. The Bertz CT molecular complexity index is 1190. The molecule has 0 bridgehead atoms. The molecule has 0 unspecified atom stereocenters. The lowest BCUT2D eigenvalue weighted by Gasteiger charge is -2.27. The maximum absolute atomic E-state index is 13.3. The lowest BCUT2D eigenvalue weighted by atomic mass is 10.0. The number of benzene rings is 2. The van der Waals surface area contributed by atoms with Gasteiger partial charge in [0.05, 0.1) is 41.6 Å². The van der Waals surface area contributed by atoms with Crippen molar-refractivity contribution in [2.75, 3.05) is 32.8 Å². The number of rotatable bonds is 5. The van der Waals surface area contributed by atoms with Crippen molar-refractivity contribution >= 4 is 22.7 Å². The zero-order chi connectivity index (χ0) is 22.5. The fraction of sp³-hybridized carbons (Fsp3) is 0.280. The second kappa shape index (κ2) is 9.58. The quantitative estimate of drug-likeness (QED) is 0.674. The first-order chi connectivity index (χ1) is 15.5. The average molecular weight is 428 g/mol. The van der Waals surface area contributed by atoms with Gasteiger partial charge in [0, 0.05) is 37.5 Å². The Morgan fingerprint density at radius 1 is 1.12 bits per heavy atom. The third-order valence-corrected chi connectivity index (χ3v) is 5.50. The van der Waals surface area contributed by atoms with E-state index in [0.29, 0.717) is 55.2 Å². The van der Waals surface area contributed by atoms with Crippen molar-refractivity contribution in [2.45, 2.75) is 13.3 Å². The van der Waals surface area contributed by atoms with Gasteiger partial charge in [0.1, 0.15) is 0 Å². The van der Waals surface area contributed by atoms with Crippen LogP contribution in [0.3, 0.4) is 0 Å². The van der Waals surface area contributed by atoms with E-state index in [0.717, 1.165) is 22.9 Å². The summed E-state index contributed by atoms with van der Waals surface area (Å²) in [5, 5.41) is 12.8. The topological polar surface area (TPSA) is 95.3 Å². The molecule has 1 N–H and O–H groups in total. The van der Waals surface area contributed by atoms with Crippen LogP contribution in [0.5, 0.6) is 0 Å². The predicted molar refractivity (Wildman–Crippen MR) is 121 cm³/mol. The Labute approximate surface area is 186 Å². The van der Waals surface area contributed by atoms with Crippen molar-refractivity contribution < 1.29 is 14.3 Å². The molecule has 3 aromatic rings. The molecule has 2 heterocycles. The average Bonchev–Trinajstić information content (AvgIpc) is 2.83. The minimum absolute atomic E-state index is 0.0452. The summed E-state index contributed by atoms with van der Waals surface area (Å²) in [6.07, 6.45) is 0.733. The first-order valence-corrected chi connectivity index (χ1v) is 10.6. The number of nitrogens with zero attached hydrogens (tertiary/aromatic N) is 3. The lowest BCUT2D eigenvalue weighted by molar-refractivity contribution is -0.118. The van der Waals surface area contributed by atoms with Gasteiger partial charge in [-0.25, -0.2) is 4.98 Å². The third kappa shape index (κ3) is 4.76. The molecule has 1 aliphatic heterocycles. The van der Waals surface area contributed by atoms with E-state index in [1.54, 1.807) is 23.1 Å². The van der Waals surface area contributed by atoms with Crippen LogP contribution in [-0.2, 0) is 16.0 Å². The van der Waals surface area contributed by atoms with Gasteiger partial charge in [0.25, 0.3) is 5.91 Å². The van der Waals surface area contributed by atoms with E-state index in [1.165, 1.54) is 6.92 Å². The number of hydrogen-bond acceptors (Lipinski definition) is 5. The molecule has 4 rings (SSSR count). The van der Waals surface area contributed by atoms with Gasteiger partial charge in [-0.2, -0.15) is 5.26 Å². The van der Waals surface area contributed by atoms with Crippen LogP contribution in [0.4, 0.5) is 0 Å². The van der Waals surface area contributed by atoms with Crippen LogP contribution in [-0.4, -0.2) is 54.5 Å². The number of nitrogens with one attached hydrogen (secondary N) is 1. The van der Waals surface area contributed by atoms with Gasteiger partial charge in [0.15, 0.2) is 0 Å². The van der Waals surface area contributed by atoms with Gasteiger partial charge in [-0.1, -0.05) is 30.3 Å². The second-order valence-electron chi connectivity index (χ2n) is 7.73. The number of hydrogen-bond donors (Lipinski definition) is 1. The van der Waals surface area contributed by atoms with Gasteiger partial charge >= 0.3 is 0 Å². The van der Waals surface area contributed by atoms with Gasteiger partial charge in [-0.05, 0) is 30.2 Å². The van der Waals surface area contributed by atoms with Crippen molar-refractivity contribution in [3.8, 4) is 17.3 Å². The molecule has 1 fully saturated rings. The highest BCUT2D eigenvalue weighted by molar-refractivity contribution is 6.07. The molecule has 0 atom stereocenters. The number of carbonyl (C=O) groups is 2. The largest absolute Gasteiger partial charge is 0.378 e. The van der Waals surface area contributed by atoms with E-state index in [9.17, 15) is 14.9 Å². The third-order valence-electron chi connectivity index (χ3n) is 5.50. The summed E-state index contributed by atoms with van der Waals surface area (Å²) in [4.78, 5) is 30.9. The molecule has 0 aliphatic carbocycles. The van der Waals surface area contributed by atoms with Crippen molar-refractivity contribution in [3.63, 3.8) is 0 Å². The molecule has 32 heavy (non-hydrogen) atoms. The molecular formula is C25H24N4O3. The van der Waals surface area contributed by atoms with Gasteiger partial charge in [0.2, 0.25) is 5.91 Å². The van der Waals surface area contributed by atoms with Crippen molar-refractivity contribution in [1.82, 2.24) is 15.2 Å². The normalized spacial score (nSPS) is 13.6. The van der Waals surface area contributed by atoms with Gasteiger partial charge in [-0.15, -0.1) is 0 Å². The predicted octanol–water partition coefficient (Wildman–Crippen LogP) is 2.92. The molecule has 0 saturated carbocycles. The van der Waals surface area contributed by atoms with Crippen LogP contribution in [0.1, 0.15) is 28.4 Å². The van der Waals surface area contributed by atoms with E-state index in [4.69, 9.17) is 9.72 Å². The number of amides is 2. The Morgan fingerprint density at radius 2 is 1.88 bits per heavy atom. The smallest absolute Gasteiger partial charge is 0.254 e. The molecule has 1 aromatic heterocycles. The maximum atomic E-state index is 13.3. The van der Waals surface area contributed by atoms with Crippen LogP contribution in [0.25, 0.3) is 22.2 Å². The molecule has 0 spiro atoms. The molecule has 162 valence electrons. The molecular weight excluding hydrogens is 404 g/mol. The van der Waals surface area contributed by atoms with Crippen LogP contribution in [0.2, 0.25) is 0 Å². The summed E-state index contributed by atoms with van der Waals surface area (Å²) >= 11 is 0. The molecule has 7 nitrogen and oxygen atoms in total. The summed E-state index contributed by atoms with van der Waals surface area (Å²) in [6, 6.07) is 17.1. The summed E-state index contributed by atoms with van der Waals surface area (Å²) in [5.41, 5.74) is 4.35. The van der Waals surface area contributed by atoms with Crippen LogP contribution < -0.4 is 5.32 Å². The van der Waals surface area contributed by atoms with E-state index in [2.05, 4.69) is 11.4 Å². The molecule has 0 radical (unpaired) electrons. The first kappa shape index (κ1) is 21.5. The Kier molecular flexibility index (Phi) is 6.43. The van der Waals surface area contributed by atoms with Crippen LogP contribution >= 0.6 is 0 Å². The summed E-state index contributed by atoms with van der Waals surface area (Å²) in [6.45, 7) is 4.24. The fourth-order valence-electron chi connectivity index (χ4n) is 3.78. The highest BCUT2D eigenvalue weighted by atomic mass is 16.5. The highest BCUT2D eigenvalue weighted by Gasteiger charge is 2.22. The number of pyridine rings is 1. The minimum Gasteiger partial charge on any atom is -0.378 e. The number of ether oxygens (including phenoxy) is 1. The van der Waals surface area contributed by atoms with Crippen molar-refractivity contribution in [1.29, 1.82) is 5.26 Å². The number of nitriles is 1. The molecule has 1 saturated heterocycles. The number of aromatic nitrogens is 1. The number of carbonyl (C=O) groups excluding carboxylic acids is 2. The Balaban J connectivity index is 1.70.